The normalized spacial score (nSPS) is 11.8. The fourth-order valence-electron chi connectivity index (χ4n) is 2.51. The molecule has 0 amide bonds. The van der Waals surface area contributed by atoms with Crippen molar-refractivity contribution in [2.75, 3.05) is 0 Å². The lowest BCUT2D eigenvalue weighted by atomic mass is 10.2. The van der Waals surface area contributed by atoms with Gasteiger partial charge in [-0.3, -0.25) is 9.89 Å². The van der Waals surface area contributed by atoms with Gasteiger partial charge in [-0.15, -0.1) is 10.2 Å². The summed E-state index contributed by atoms with van der Waals surface area (Å²) in [6, 6.07) is 9.70. The first-order valence-corrected chi connectivity index (χ1v) is 9.90. The minimum atomic E-state index is -4.09. The van der Waals surface area contributed by atoms with Crippen LogP contribution in [-0.2, 0) is 10.0 Å². The van der Waals surface area contributed by atoms with Crippen LogP contribution in [0.2, 0.25) is 5.02 Å². The highest BCUT2D eigenvalue weighted by Crippen LogP contribution is 2.25. The van der Waals surface area contributed by atoms with Crippen molar-refractivity contribution < 1.29 is 18.3 Å². The summed E-state index contributed by atoms with van der Waals surface area (Å²) in [4.78, 5) is 23.7. The van der Waals surface area contributed by atoms with Crippen molar-refractivity contribution in [2.24, 2.45) is 15.4 Å². The van der Waals surface area contributed by atoms with Crippen molar-refractivity contribution in [2.45, 2.75) is 11.8 Å². The summed E-state index contributed by atoms with van der Waals surface area (Å²) in [5.74, 6) is -1.42. The van der Waals surface area contributed by atoms with Gasteiger partial charge in [-0.1, -0.05) is 17.7 Å². The van der Waals surface area contributed by atoms with Crippen LogP contribution in [0.5, 0.6) is 0 Å². The second kappa shape index (κ2) is 7.62. The maximum atomic E-state index is 12.6. The summed E-state index contributed by atoms with van der Waals surface area (Å²) in [5, 5.41) is 25.3. The standard InChI is InChI=1S/C17H14ClN5O5S/c1-9-15(16(24)23(22-9)11-4-2-3-10(18)7-11)21-20-14-6-5-12(29(19,27)28)8-13(14)17(25)26/h2-8,22H,1H3,(H,25,26)(H2,19,27,28). The molecule has 0 spiro atoms. The number of aryl methyl sites for hydroxylation is 1. The van der Waals surface area contributed by atoms with E-state index in [2.05, 4.69) is 15.3 Å². The van der Waals surface area contributed by atoms with E-state index in [0.717, 1.165) is 18.2 Å². The van der Waals surface area contributed by atoms with Crippen LogP contribution in [0.1, 0.15) is 16.1 Å². The van der Waals surface area contributed by atoms with Gasteiger partial charge < -0.3 is 5.11 Å². The number of benzene rings is 2. The molecule has 12 heteroatoms. The first kappa shape index (κ1) is 20.5. The number of carbonyl (C=O) groups is 1. The van der Waals surface area contributed by atoms with E-state index in [1.165, 1.54) is 4.68 Å². The van der Waals surface area contributed by atoms with Gasteiger partial charge in [0.2, 0.25) is 10.0 Å². The molecule has 0 aliphatic heterocycles. The van der Waals surface area contributed by atoms with Crippen LogP contribution in [-0.4, -0.2) is 29.3 Å². The fourth-order valence-corrected chi connectivity index (χ4v) is 3.23. The summed E-state index contributed by atoms with van der Waals surface area (Å²) in [5.41, 5.74) is -0.265. The SMILES string of the molecule is Cc1[nH]n(-c2cccc(Cl)c2)c(=O)c1N=Nc1ccc(S(N)(=O)=O)cc1C(=O)O. The van der Waals surface area contributed by atoms with Crippen molar-refractivity contribution in [1.82, 2.24) is 9.78 Å². The van der Waals surface area contributed by atoms with Crippen LogP contribution in [0.15, 0.2) is 62.4 Å². The third-order valence-corrected chi connectivity index (χ3v) is 5.04. The maximum Gasteiger partial charge on any atom is 0.338 e. The summed E-state index contributed by atoms with van der Waals surface area (Å²) in [6.45, 7) is 1.60. The van der Waals surface area contributed by atoms with Crippen LogP contribution in [0.4, 0.5) is 11.4 Å². The van der Waals surface area contributed by atoms with Gasteiger partial charge in [0.25, 0.3) is 5.56 Å². The Morgan fingerprint density at radius 1 is 1.21 bits per heavy atom. The van der Waals surface area contributed by atoms with E-state index in [-0.39, 0.29) is 16.3 Å². The Morgan fingerprint density at radius 2 is 1.93 bits per heavy atom. The average Bonchev–Trinajstić information content (AvgIpc) is 2.93. The molecule has 0 unspecified atom stereocenters. The lowest BCUT2D eigenvalue weighted by Crippen LogP contribution is -2.14. The van der Waals surface area contributed by atoms with E-state index < -0.39 is 27.1 Å². The zero-order chi connectivity index (χ0) is 21.3. The Kier molecular flexibility index (Phi) is 5.38. The first-order chi connectivity index (χ1) is 13.6. The molecule has 0 saturated heterocycles. The molecule has 0 aliphatic carbocycles. The number of halogens is 1. The molecule has 10 nitrogen and oxygen atoms in total. The number of carboxylic acids is 1. The molecule has 29 heavy (non-hydrogen) atoms. The molecule has 3 rings (SSSR count). The van der Waals surface area contributed by atoms with Crippen molar-refractivity contribution in [3.8, 4) is 5.69 Å². The van der Waals surface area contributed by atoms with Crippen LogP contribution < -0.4 is 10.7 Å². The van der Waals surface area contributed by atoms with E-state index in [1.807, 2.05) is 0 Å². The Hall–Kier alpha value is -3.28. The molecule has 1 heterocycles. The van der Waals surface area contributed by atoms with E-state index >= 15 is 0 Å². The average molecular weight is 436 g/mol. The number of aromatic carboxylic acids is 1. The van der Waals surface area contributed by atoms with E-state index in [1.54, 1.807) is 31.2 Å². The predicted molar refractivity (Wildman–Crippen MR) is 105 cm³/mol. The number of nitrogens with two attached hydrogens (primary N) is 1. The van der Waals surface area contributed by atoms with Gasteiger partial charge in [0, 0.05) is 5.02 Å². The van der Waals surface area contributed by atoms with Crippen molar-refractivity contribution in [1.29, 1.82) is 0 Å². The molecule has 4 N–H and O–H groups in total. The molecule has 150 valence electrons. The zero-order valence-electron chi connectivity index (χ0n) is 14.8. The van der Waals surface area contributed by atoms with Crippen LogP contribution >= 0.6 is 11.6 Å². The molecule has 0 aliphatic rings. The number of rotatable bonds is 5. The Bertz CT molecular complexity index is 1310. The topological polar surface area (TPSA) is 160 Å². The van der Waals surface area contributed by atoms with Crippen molar-refractivity contribution in [3.63, 3.8) is 0 Å². The quantitative estimate of drug-likeness (QED) is 0.524. The molecule has 0 saturated carbocycles. The number of hydrogen-bond acceptors (Lipinski definition) is 6. The van der Waals surface area contributed by atoms with Crippen molar-refractivity contribution >= 4 is 39.0 Å². The highest BCUT2D eigenvalue weighted by molar-refractivity contribution is 7.89. The minimum Gasteiger partial charge on any atom is -0.478 e. The number of aromatic nitrogens is 2. The molecule has 0 radical (unpaired) electrons. The number of azo groups is 1. The lowest BCUT2D eigenvalue weighted by Gasteiger charge is -2.03. The van der Waals surface area contributed by atoms with Gasteiger partial charge in [0.15, 0.2) is 5.69 Å². The number of nitrogens with one attached hydrogen (secondary N) is 1. The van der Waals surface area contributed by atoms with Crippen LogP contribution in [0.25, 0.3) is 5.69 Å². The van der Waals surface area contributed by atoms with Gasteiger partial charge in [-0.2, -0.15) is 0 Å². The lowest BCUT2D eigenvalue weighted by molar-refractivity contribution is 0.0697. The van der Waals surface area contributed by atoms with Crippen molar-refractivity contribution in [3.05, 3.63) is 69.1 Å². The number of H-pyrrole nitrogens is 1. The van der Waals surface area contributed by atoms with Gasteiger partial charge in [0.1, 0.15) is 5.69 Å². The van der Waals surface area contributed by atoms with Crippen LogP contribution in [0.3, 0.4) is 0 Å². The third kappa shape index (κ3) is 4.26. The number of carboxylic acid groups (broad SMARTS) is 1. The smallest absolute Gasteiger partial charge is 0.338 e. The number of nitrogens with zero attached hydrogens (tertiary/aromatic N) is 3. The largest absolute Gasteiger partial charge is 0.478 e. The highest BCUT2D eigenvalue weighted by atomic mass is 35.5. The van der Waals surface area contributed by atoms with E-state index in [0.29, 0.717) is 16.4 Å². The van der Waals surface area contributed by atoms with Gasteiger partial charge >= 0.3 is 5.97 Å². The Morgan fingerprint density at radius 3 is 2.55 bits per heavy atom. The van der Waals surface area contributed by atoms with Gasteiger partial charge in [-0.05, 0) is 43.3 Å². The molecule has 0 atom stereocenters. The summed E-state index contributed by atoms with van der Waals surface area (Å²) < 4.78 is 24.1. The van der Waals surface area contributed by atoms with Gasteiger partial charge in [0.05, 0.1) is 21.8 Å². The monoisotopic (exact) mass is 435 g/mol. The number of aromatic amines is 1. The molecular weight excluding hydrogens is 422 g/mol. The first-order valence-electron chi connectivity index (χ1n) is 7.97. The summed E-state index contributed by atoms with van der Waals surface area (Å²) >= 11 is 5.95. The number of hydrogen-bond donors (Lipinski definition) is 3. The Balaban J connectivity index is 2.05. The molecule has 1 aromatic heterocycles. The van der Waals surface area contributed by atoms with E-state index in [9.17, 15) is 23.1 Å². The fraction of sp³-hybridized carbons (Fsp3) is 0.0588. The molecule has 3 aromatic rings. The number of primary sulfonamides is 1. The minimum absolute atomic E-state index is 0.0446. The molecule has 0 bridgehead atoms. The summed E-state index contributed by atoms with van der Waals surface area (Å²) in [7, 11) is -4.09. The molecule has 2 aromatic carbocycles. The van der Waals surface area contributed by atoms with Crippen LogP contribution in [0, 0.1) is 6.92 Å². The second-order valence-corrected chi connectivity index (χ2v) is 7.93. The third-order valence-electron chi connectivity index (χ3n) is 3.89. The molecular formula is C17H14ClN5O5S. The number of sulfonamides is 1. The summed E-state index contributed by atoms with van der Waals surface area (Å²) in [6.07, 6.45) is 0. The second-order valence-electron chi connectivity index (χ2n) is 5.93. The molecule has 0 fully saturated rings. The zero-order valence-corrected chi connectivity index (χ0v) is 16.4. The predicted octanol–water partition coefficient (Wildman–Crippen LogP) is 2.89. The highest BCUT2D eigenvalue weighted by Gasteiger charge is 2.17. The van der Waals surface area contributed by atoms with E-state index in [4.69, 9.17) is 16.7 Å². The maximum absolute atomic E-state index is 12.6. The Labute approximate surface area is 169 Å². The van der Waals surface area contributed by atoms with Gasteiger partial charge in [-0.25, -0.2) is 23.0 Å².